The molecule has 3 heterocycles. The monoisotopic (exact) mass is 365 g/mol. The number of hydrogen-bond donors (Lipinski definition) is 1. The molecule has 27 heavy (non-hydrogen) atoms. The van der Waals surface area contributed by atoms with Crippen molar-refractivity contribution in [1.82, 2.24) is 15.3 Å². The number of benzene rings is 1. The Labute approximate surface area is 160 Å². The van der Waals surface area contributed by atoms with E-state index in [2.05, 4.69) is 27.3 Å². The van der Waals surface area contributed by atoms with Crippen molar-refractivity contribution in [3.8, 4) is 0 Å². The van der Waals surface area contributed by atoms with Crippen molar-refractivity contribution in [2.24, 2.45) is 0 Å². The molecule has 2 aromatic rings. The summed E-state index contributed by atoms with van der Waals surface area (Å²) in [6.45, 7) is 3.75. The van der Waals surface area contributed by atoms with Gasteiger partial charge in [0.25, 0.3) is 0 Å². The average molecular weight is 365 g/mol. The Morgan fingerprint density at radius 3 is 2.56 bits per heavy atom. The molecule has 6 heteroatoms. The average Bonchev–Trinajstić information content (AvgIpc) is 2.99. The molecule has 1 spiro atoms. The molecule has 1 N–H and O–H groups in total. The number of nitrogens with one attached hydrogen (secondary N) is 1. The Morgan fingerprint density at radius 2 is 1.89 bits per heavy atom. The fourth-order valence-corrected chi connectivity index (χ4v) is 4.33. The van der Waals surface area contributed by atoms with Gasteiger partial charge in [0.15, 0.2) is 0 Å². The number of aryl methyl sites for hydroxylation is 1. The number of aromatic nitrogens is 2. The number of rotatable bonds is 3. The number of nitrogens with zero attached hydrogens (tertiary/aromatic N) is 4. The summed E-state index contributed by atoms with van der Waals surface area (Å²) >= 11 is 0. The van der Waals surface area contributed by atoms with Gasteiger partial charge in [0.2, 0.25) is 11.9 Å². The molecule has 142 valence electrons. The molecule has 1 aromatic heterocycles. The maximum absolute atomic E-state index is 12.6. The van der Waals surface area contributed by atoms with E-state index in [0.717, 1.165) is 55.2 Å². The Balaban J connectivity index is 1.46. The molecule has 1 aromatic carbocycles. The first kappa shape index (κ1) is 17.8. The first-order chi connectivity index (χ1) is 13.0. The molecular weight excluding hydrogens is 338 g/mol. The van der Waals surface area contributed by atoms with Gasteiger partial charge in [-0.05, 0) is 31.7 Å². The number of carbonyl (C=O) groups is 1. The summed E-state index contributed by atoms with van der Waals surface area (Å²) < 4.78 is 0. The van der Waals surface area contributed by atoms with Crippen LogP contribution in [0.3, 0.4) is 0 Å². The lowest BCUT2D eigenvalue weighted by Crippen LogP contribution is -2.51. The van der Waals surface area contributed by atoms with Gasteiger partial charge in [-0.1, -0.05) is 30.3 Å². The van der Waals surface area contributed by atoms with Crippen LogP contribution in [0.15, 0.2) is 36.5 Å². The van der Waals surface area contributed by atoms with E-state index in [-0.39, 0.29) is 17.4 Å². The highest BCUT2D eigenvalue weighted by Crippen LogP contribution is 2.39. The van der Waals surface area contributed by atoms with Gasteiger partial charge in [-0.3, -0.25) is 4.79 Å². The predicted molar refractivity (Wildman–Crippen MR) is 107 cm³/mol. The first-order valence-electron chi connectivity index (χ1n) is 9.60. The third kappa shape index (κ3) is 3.36. The van der Waals surface area contributed by atoms with E-state index in [0.29, 0.717) is 0 Å². The maximum atomic E-state index is 12.6. The molecule has 4 rings (SSSR count). The molecule has 2 aliphatic heterocycles. The fourth-order valence-electron chi connectivity index (χ4n) is 4.33. The van der Waals surface area contributed by atoms with Crippen molar-refractivity contribution < 1.29 is 4.79 Å². The van der Waals surface area contributed by atoms with Gasteiger partial charge in [0.1, 0.15) is 5.82 Å². The van der Waals surface area contributed by atoms with E-state index in [9.17, 15) is 4.79 Å². The van der Waals surface area contributed by atoms with Gasteiger partial charge < -0.3 is 15.1 Å². The highest BCUT2D eigenvalue weighted by Gasteiger charge is 2.46. The van der Waals surface area contributed by atoms with Crippen LogP contribution in [0.4, 0.5) is 11.8 Å². The molecule has 6 nitrogen and oxygen atoms in total. The van der Waals surface area contributed by atoms with Crippen LogP contribution in [0.2, 0.25) is 0 Å². The maximum Gasteiger partial charge on any atom is 0.228 e. The molecule has 1 atom stereocenters. The molecule has 0 unspecified atom stereocenters. The minimum Gasteiger partial charge on any atom is -0.362 e. The Bertz CT molecular complexity index is 828. The third-order valence-electron chi connectivity index (χ3n) is 5.86. The Morgan fingerprint density at radius 1 is 1.19 bits per heavy atom. The minimum absolute atomic E-state index is 0.0336. The predicted octanol–water partition coefficient (Wildman–Crippen LogP) is 2.49. The van der Waals surface area contributed by atoms with Gasteiger partial charge in [0, 0.05) is 44.5 Å². The SMILES string of the molecule is Cc1cnc(N2CCC3(CC2)C[C@@H](c2ccccc2)C(=O)N3)nc1N(C)C. The zero-order chi connectivity index (χ0) is 19.0. The van der Waals surface area contributed by atoms with Crippen LogP contribution in [0.5, 0.6) is 0 Å². The van der Waals surface area contributed by atoms with E-state index in [1.54, 1.807) is 0 Å². The second kappa shape index (κ2) is 6.83. The van der Waals surface area contributed by atoms with Crippen molar-refractivity contribution in [2.45, 2.75) is 37.6 Å². The van der Waals surface area contributed by atoms with Crippen LogP contribution in [0.1, 0.15) is 36.3 Å². The summed E-state index contributed by atoms with van der Waals surface area (Å²) in [5, 5.41) is 3.31. The molecule has 0 saturated carbocycles. The first-order valence-corrected chi connectivity index (χ1v) is 9.60. The normalized spacial score (nSPS) is 21.4. The summed E-state index contributed by atoms with van der Waals surface area (Å²) in [4.78, 5) is 26.1. The number of anilines is 2. The minimum atomic E-state index is -0.0941. The van der Waals surface area contributed by atoms with Gasteiger partial charge in [-0.15, -0.1) is 0 Å². The van der Waals surface area contributed by atoms with E-state index in [1.165, 1.54) is 0 Å². The van der Waals surface area contributed by atoms with Gasteiger partial charge in [-0.2, -0.15) is 4.98 Å². The summed E-state index contributed by atoms with van der Waals surface area (Å²) in [7, 11) is 4.00. The quantitative estimate of drug-likeness (QED) is 0.906. The highest BCUT2D eigenvalue weighted by atomic mass is 16.2. The Hall–Kier alpha value is -2.63. The number of amides is 1. The lowest BCUT2D eigenvalue weighted by Gasteiger charge is -2.39. The van der Waals surface area contributed by atoms with E-state index < -0.39 is 0 Å². The lowest BCUT2D eigenvalue weighted by atomic mass is 9.82. The summed E-state index contributed by atoms with van der Waals surface area (Å²) in [5.41, 5.74) is 2.10. The van der Waals surface area contributed by atoms with Crippen molar-refractivity contribution in [2.75, 3.05) is 37.0 Å². The number of piperidine rings is 1. The fraction of sp³-hybridized carbons (Fsp3) is 0.476. The van der Waals surface area contributed by atoms with Crippen LogP contribution in [-0.4, -0.2) is 48.6 Å². The van der Waals surface area contributed by atoms with Crippen LogP contribution in [-0.2, 0) is 4.79 Å². The van der Waals surface area contributed by atoms with Crippen LogP contribution in [0.25, 0.3) is 0 Å². The summed E-state index contributed by atoms with van der Waals surface area (Å²) in [6, 6.07) is 10.1. The van der Waals surface area contributed by atoms with Gasteiger partial charge in [-0.25, -0.2) is 4.98 Å². The van der Waals surface area contributed by atoms with Crippen LogP contribution in [0, 0.1) is 6.92 Å². The zero-order valence-electron chi connectivity index (χ0n) is 16.3. The second-order valence-corrected chi connectivity index (χ2v) is 8.00. The molecular formula is C21H27N5O. The van der Waals surface area contributed by atoms with Crippen molar-refractivity contribution in [3.05, 3.63) is 47.7 Å². The van der Waals surface area contributed by atoms with Crippen molar-refractivity contribution in [3.63, 3.8) is 0 Å². The molecule has 2 fully saturated rings. The van der Waals surface area contributed by atoms with E-state index in [1.807, 2.05) is 50.3 Å². The highest BCUT2D eigenvalue weighted by molar-refractivity contribution is 5.87. The second-order valence-electron chi connectivity index (χ2n) is 8.00. The molecule has 0 radical (unpaired) electrons. The molecule has 2 aliphatic rings. The molecule has 0 bridgehead atoms. The van der Waals surface area contributed by atoms with Crippen molar-refractivity contribution >= 4 is 17.7 Å². The molecule has 1 amide bonds. The lowest BCUT2D eigenvalue weighted by molar-refractivity contribution is -0.121. The van der Waals surface area contributed by atoms with Gasteiger partial charge >= 0.3 is 0 Å². The van der Waals surface area contributed by atoms with E-state index in [4.69, 9.17) is 4.98 Å². The summed E-state index contributed by atoms with van der Waals surface area (Å²) in [5.74, 6) is 1.87. The van der Waals surface area contributed by atoms with Crippen LogP contribution < -0.4 is 15.1 Å². The topological polar surface area (TPSA) is 61.4 Å². The van der Waals surface area contributed by atoms with E-state index >= 15 is 0 Å². The standard InChI is InChI=1S/C21H27N5O/c1-15-14-22-20(23-18(15)25(2)3)26-11-9-21(10-12-26)13-17(19(27)24-21)16-7-5-4-6-8-16/h4-8,14,17H,9-13H2,1-3H3,(H,24,27)/t17-/m0/s1. The molecule has 0 aliphatic carbocycles. The molecule has 2 saturated heterocycles. The third-order valence-corrected chi connectivity index (χ3v) is 5.86. The van der Waals surface area contributed by atoms with Crippen molar-refractivity contribution in [1.29, 1.82) is 0 Å². The number of carbonyl (C=O) groups excluding carboxylic acids is 1. The van der Waals surface area contributed by atoms with Gasteiger partial charge in [0.05, 0.1) is 5.92 Å². The van der Waals surface area contributed by atoms with Crippen LogP contribution >= 0.6 is 0 Å². The largest absolute Gasteiger partial charge is 0.362 e. The number of hydrogen-bond acceptors (Lipinski definition) is 5. The summed E-state index contributed by atoms with van der Waals surface area (Å²) in [6.07, 6.45) is 4.62. The Kier molecular flexibility index (Phi) is 4.50. The zero-order valence-corrected chi connectivity index (χ0v) is 16.3. The smallest absolute Gasteiger partial charge is 0.228 e.